The van der Waals surface area contributed by atoms with E-state index in [0.717, 1.165) is 4.90 Å². The lowest BCUT2D eigenvalue weighted by Crippen LogP contribution is -2.33. The maximum atomic E-state index is 11.2. The molecule has 0 N–H and O–H groups in total. The maximum Gasteiger partial charge on any atom is 0.333 e. The minimum atomic E-state index is -0.441. The van der Waals surface area contributed by atoms with Gasteiger partial charge in [0.15, 0.2) is 0 Å². The number of carbonyl (C=O) groups excluding carboxylic acids is 3. The van der Waals surface area contributed by atoms with Crippen LogP contribution in [0.2, 0.25) is 0 Å². The van der Waals surface area contributed by atoms with Crippen molar-refractivity contribution in [1.82, 2.24) is 4.90 Å². The molecule has 0 aliphatic carbocycles. The van der Waals surface area contributed by atoms with Crippen molar-refractivity contribution in [3.63, 3.8) is 0 Å². The molecule has 0 saturated carbocycles. The summed E-state index contributed by atoms with van der Waals surface area (Å²) in [5.74, 6) is -1.08. The summed E-state index contributed by atoms with van der Waals surface area (Å²) in [5, 5.41) is 0. The van der Waals surface area contributed by atoms with Crippen LogP contribution in [0.25, 0.3) is 0 Å². The topological polar surface area (TPSA) is 82.1 Å². The molecule has 7 nitrogen and oxygen atoms in total. The van der Waals surface area contributed by atoms with Crippen LogP contribution in [0.1, 0.15) is 6.92 Å². The normalized spacial score (nSPS) is 13.9. The summed E-state index contributed by atoms with van der Waals surface area (Å²) in [7, 11) is 0. The Morgan fingerprint density at radius 2 is 1.57 bits per heavy atom. The Balaban J connectivity index is 1.91. The molecule has 0 fully saturated rings. The van der Waals surface area contributed by atoms with Gasteiger partial charge in [-0.05, 0) is 6.92 Å². The summed E-state index contributed by atoms with van der Waals surface area (Å²) in [6, 6.07) is 0. The van der Waals surface area contributed by atoms with Crippen LogP contribution in [0.3, 0.4) is 0 Å². The van der Waals surface area contributed by atoms with Gasteiger partial charge in [-0.15, -0.1) is 0 Å². The molecular weight excluding hydrogens is 278 g/mol. The van der Waals surface area contributed by atoms with E-state index in [1.54, 1.807) is 6.92 Å². The van der Waals surface area contributed by atoms with E-state index in [2.05, 4.69) is 6.58 Å². The molecule has 0 atom stereocenters. The quantitative estimate of drug-likeness (QED) is 0.245. The summed E-state index contributed by atoms with van der Waals surface area (Å²) < 4.78 is 15.3. The average molecular weight is 297 g/mol. The molecule has 1 heterocycles. The maximum absolute atomic E-state index is 11.2. The zero-order chi connectivity index (χ0) is 15.7. The number of hydrogen-bond acceptors (Lipinski definition) is 6. The first-order valence-electron chi connectivity index (χ1n) is 6.54. The lowest BCUT2D eigenvalue weighted by atomic mass is 10.4. The molecule has 1 rings (SSSR count). The van der Waals surface area contributed by atoms with Crippen LogP contribution in [-0.2, 0) is 28.6 Å². The first-order chi connectivity index (χ1) is 10.0. The van der Waals surface area contributed by atoms with Gasteiger partial charge >= 0.3 is 5.97 Å². The molecule has 0 spiro atoms. The van der Waals surface area contributed by atoms with Gasteiger partial charge in [-0.25, -0.2) is 4.79 Å². The molecule has 2 amide bonds. The Bertz CT molecular complexity index is 425. The molecule has 7 heteroatoms. The highest BCUT2D eigenvalue weighted by Gasteiger charge is 2.22. The molecule has 21 heavy (non-hydrogen) atoms. The highest BCUT2D eigenvalue weighted by molar-refractivity contribution is 6.12. The Kier molecular flexibility index (Phi) is 7.34. The van der Waals surface area contributed by atoms with E-state index in [1.165, 1.54) is 12.2 Å². The second-order valence-corrected chi connectivity index (χ2v) is 4.30. The molecule has 0 aromatic heterocycles. The lowest BCUT2D eigenvalue weighted by molar-refractivity contribution is -0.141. The second kappa shape index (κ2) is 9.04. The Morgan fingerprint density at radius 3 is 2.14 bits per heavy atom. The van der Waals surface area contributed by atoms with Gasteiger partial charge in [0.1, 0.15) is 6.61 Å². The van der Waals surface area contributed by atoms with Gasteiger partial charge in [0.25, 0.3) is 11.8 Å². The van der Waals surface area contributed by atoms with E-state index < -0.39 is 5.97 Å². The Labute approximate surface area is 123 Å². The van der Waals surface area contributed by atoms with E-state index in [-0.39, 0.29) is 38.2 Å². The fraction of sp³-hybridized carbons (Fsp3) is 0.500. The second-order valence-electron chi connectivity index (χ2n) is 4.30. The largest absolute Gasteiger partial charge is 0.460 e. The van der Waals surface area contributed by atoms with Crippen molar-refractivity contribution in [3.05, 3.63) is 24.3 Å². The summed E-state index contributed by atoms with van der Waals surface area (Å²) in [4.78, 5) is 34.6. The zero-order valence-electron chi connectivity index (χ0n) is 12.0. The minimum Gasteiger partial charge on any atom is -0.460 e. The highest BCUT2D eigenvalue weighted by atomic mass is 16.6. The van der Waals surface area contributed by atoms with Crippen LogP contribution in [-0.4, -0.2) is 62.3 Å². The summed E-state index contributed by atoms with van der Waals surface area (Å²) in [6.07, 6.45) is 2.47. The molecule has 116 valence electrons. The van der Waals surface area contributed by atoms with E-state index in [0.29, 0.717) is 18.8 Å². The first kappa shape index (κ1) is 17.1. The Morgan fingerprint density at radius 1 is 1.05 bits per heavy atom. The molecule has 1 aliphatic heterocycles. The third-order valence-corrected chi connectivity index (χ3v) is 2.54. The highest BCUT2D eigenvalue weighted by Crippen LogP contribution is 2.02. The number of hydrogen-bond donors (Lipinski definition) is 0. The van der Waals surface area contributed by atoms with Crippen LogP contribution in [0.4, 0.5) is 0 Å². The molecule has 0 unspecified atom stereocenters. The van der Waals surface area contributed by atoms with Crippen molar-refractivity contribution < 1.29 is 28.6 Å². The van der Waals surface area contributed by atoms with Gasteiger partial charge in [-0.2, -0.15) is 0 Å². The van der Waals surface area contributed by atoms with Crippen molar-refractivity contribution >= 4 is 17.8 Å². The number of ether oxygens (including phenoxy) is 3. The van der Waals surface area contributed by atoms with Crippen LogP contribution < -0.4 is 0 Å². The predicted octanol–water partition coefficient (Wildman–Crippen LogP) is 0.0639. The van der Waals surface area contributed by atoms with E-state index in [9.17, 15) is 14.4 Å². The molecule has 0 saturated heterocycles. The standard InChI is InChI=1S/C14H19NO6/c1-11(2)14(18)21-10-9-20-8-7-19-6-5-15-12(16)3-4-13(15)17/h3-4H,1,5-10H2,2H3. The van der Waals surface area contributed by atoms with Crippen LogP contribution in [0.5, 0.6) is 0 Å². The van der Waals surface area contributed by atoms with Gasteiger partial charge in [0, 0.05) is 17.7 Å². The van der Waals surface area contributed by atoms with Gasteiger partial charge in [0.2, 0.25) is 0 Å². The van der Waals surface area contributed by atoms with E-state index >= 15 is 0 Å². The third-order valence-electron chi connectivity index (χ3n) is 2.54. The van der Waals surface area contributed by atoms with Gasteiger partial charge in [-0.1, -0.05) is 6.58 Å². The number of nitrogens with zero attached hydrogens (tertiary/aromatic N) is 1. The van der Waals surface area contributed by atoms with Crippen LogP contribution >= 0.6 is 0 Å². The number of carbonyl (C=O) groups is 3. The van der Waals surface area contributed by atoms with Crippen molar-refractivity contribution in [3.8, 4) is 0 Å². The Hall–Kier alpha value is -1.99. The van der Waals surface area contributed by atoms with Crippen molar-refractivity contribution in [2.75, 3.05) is 39.6 Å². The SMILES string of the molecule is C=C(C)C(=O)OCCOCCOCCN1C(=O)C=CC1=O. The van der Waals surface area contributed by atoms with Crippen LogP contribution in [0.15, 0.2) is 24.3 Å². The number of rotatable bonds is 10. The molecule has 0 aromatic rings. The lowest BCUT2D eigenvalue weighted by Gasteiger charge is -2.13. The van der Waals surface area contributed by atoms with Gasteiger partial charge in [0.05, 0.1) is 33.0 Å². The monoisotopic (exact) mass is 297 g/mol. The predicted molar refractivity (Wildman–Crippen MR) is 73.3 cm³/mol. The minimum absolute atomic E-state index is 0.161. The van der Waals surface area contributed by atoms with Crippen molar-refractivity contribution in [2.45, 2.75) is 6.92 Å². The third kappa shape index (κ3) is 6.33. The first-order valence-corrected chi connectivity index (χ1v) is 6.54. The van der Waals surface area contributed by atoms with E-state index in [1.807, 2.05) is 0 Å². The number of esters is 1. The smallest absolute Gasteiger partial charge is 0.333 e. The van der Waals surface area contributed by atoms with Crippen molar-refractivity contribution in [1.29, 1.82) is 0 Å². The molecule has 1 aliphatic rings. The average Bonchev–Trinajstić information content (AvgIpc) is 2.76. The van der Waals surface area contributed by atoms with Crippen LogP contribution in [0, 0.1) is 0 Å². The van der Waals surface area contributed by atoms with Gasteiger partial charge < -0.3 is 14.2 Å². The fourth-order valence-electron chi connectivity index (χ4n) is 1.45. The van der Waals surface area contributed by atoms with Crippen molar-refractivity contribution in [2.24, 2.45) is 0 Å². The fourth-order valence-corrected chi connectivity index (χ4v) is 1.45. The van der Waals surface area contributed by atoms with Gasteiger partial charge in [-0.3, -0.25) is 14.5 Å². The molecular formula is C14H19NO6. The summed E-state index contributed by atoms with van der Waals surface area (Å²) >= 11 is 0. The zero-order valence-corrected chi connectivity index (χ0v) is 12.0. The number of imide groups is 1. The molecule has 0 bridgehead atoms. The van der Waals surface area contributed by atoms with E-state index in [4.69, 9.17) is 14.2 Å². The number of amides is 2. The molecule has 0 aromatic carbocycles. The summed E-state index contributed by atoms with van der Waals surface area (Å²) in [6.45, 7) is 6.61. The summed E-state index contributed by atoms with van der Waals surface area (Å²) in [5.41, 5.74) is 0.346. The molecule has 0 radical (unpaired) electrons.